The number of nitrogens with one attached hydrogen (secondary N) is 1. The molecule has 2 rings (SSSR count). The minimum atomic E-state index is -0.166. The summed E-state index contributed by atoms with van der Waals surface area (Å²) in [5.41, 5.74) is 2.22. The lowest BCUT2D eigenvalue weighted by Crippen LogP contribution is -2.44. The largest absolute Gasteiger partial charge is 0.349 e. The number of hydrogen-bond acceptors (Lipinski definition) is 2. The van der Waals surface area contributed by atoms with E-state index in [1.54, 1.807) is 6.08 Å². The second-order valence-electron chi connectivity index (χ2n) is 5.09. The minimum Gasteiger partial charge on any atom is -0.349 e. The molecule has 1 heterocycles. The molecule has 1 aliphatic heterocycles. The van der Waals surface area contributed by atoms with E-state index in [9.17, 15) is 4.79 Å². The molecule has 106 valence electrons. The normalized spacial score (nSPS) is 15.3. The molecule has 1 N–H and O–H groups in total. The Morgan fingerprint density at radius 2 is 1.85 bits per heavy atom. The van der Waals surface area contributed by atoms with Crippen LogP contribution in [0.15, 0.2) is 30.3 Å². The third-order valence-corrected chi connectivity index (χ3v) is 3.74. The highest BCUT2D eigenvalue weighted by molar-refractivity contribution is 7.80. The van der Waals surface area contributed by atoms with Gasteiger partial charge in [-0.05, 0) is 50.0 Å². The van der Waals surface area contributed by atoms with Crippen molar-refractivity contribution in [2.75, 3.05) is 13.1 Å². The van der Waals surface area contributed by atoms with E-state index < -0.39 is 0 Å². The maximum absolute atomic E-state index is 11.8. The Morgan fingerprint density at radius 1 is 1.20 bits per heavy atom. The highest BCUT2D eigenvalue weighted by Gasteiger charge is 2.14. The van der Waals surface area contributed by atoms with Crippen LogP contribution in [0.3, 0.4) is 0 Å². The van der Waals surface area contributed by atoms with Crippen LogP contribution in [0.4, 0.5) is 0 Å². The fourth-order valence-electron chi connectivity index (χ4n) is 2.17. The predicted octanol–water partition coefficient (Wildman–Crippen LogP) is 2.90. The number of amides is 1. The van der Waals surface area contributed by atoms with E-state index in [0.29, 0.717) is 5.11 Å². The zero-order valence-corrected chi connectivity index (χ0v) is 12.6. The van der Waals surface area contributed by atoms with Gasteiger partial charge in [0.1, 0.15) is 0 Å². The molecule has 1 aliphatic rings. The number of thiocarbonyl (C=S) groups is 1. The predicted molar refractivity (Wildman–Crippen MR) is 86.4 cm³/mol. The molecule has 0 unspecified atom stereocenters. The van der Waals surface area contributed by atoms with Crippen LogP contribution in [-0.4, -0.2) is 29.0 Å². The van der Waals surface area contributed by atoms with Gasteiger partial charge >= 0.3 is 0 Å². The van der Waals surface area contributed by atoms with E-state index >= 15 is 0 Å². The molecule has 0 radical (unpaired) electrons. The van der Waals surface area contributed by atoms with Crippen molar-refractivity contribution >= 4 is 29.3 Å². The van der Waals surface area contributed by atoms with E-state index in [2.05, 4.69) is 10.2 Å². The van der Waals surface area contributed by atoms with Crippen LogP contribution in [0.5, 0.6) is 0 Å². The fourth-order valence-corrected chi connectivity index (χ4v) is 2.46. The van der Waals surface area contributed by atoms with Crippen molar-refractivity contribution in [3.05, 3.63) is 41.5 Å². The molecule has 20 heavy (non-hydrogen) atoms. The zero-order chi connectivity index (χ0) is 14.4. The van der Waals surface area contributed by atoms with Crippen molar-refractivity contribution in [3.63, 3.8) is 0 Å². The van der Waals surface area contributed by atoms with E-state index in [1.165, 1.54) is 18.1 Å². The Balaban J connectivity index is 1.85. The Labute approximate surface area is 125 Å². The van der Waals surface area contributed by atoms with Crippen molar-refractivity contribution in [2.45, 2.75) is 26.2 Å². The molecule has 1 aromatic carbocycles. The topological polar surface area (TPSA) is 32.3 Å². The van der Waals surface area contributed by atoms with Gasteiger partial charge in [0.2, 0.25) is 5.91 Å². The Kier molecular flexibility index (Phi) is 5.30. The number of likely N-dealkylation sites (tertiary alicyclic amines) is 1. The summed E-state index contributed by atoms with van der Waals surface area (Å²) in [4.78, 5) is 13.9. The number of nitrogens with zero attached hydrogens (tertiary/aromatic N) is 1. The first kappa shape index (κ1) is 14.7. The molecular formula is C16H20N2OS. The van der Waals surface area contributed by atoms with Gasteiger partial charge in [0.25, 0.3) is 0 Å². The summed E-state index contributed by atoms with van der Waals surface area (Å²) < 4.78 is 0. The van der Waals surface area contributed by atoms with Crippen LogP contribution in [0.1, 0.15) is 30.4 Å². The number of aryl methyl sites for hydroxylation is 1. The number of piperidine rings is 1. The standard InChI is InChI=1S/C16H20N2OS/c1-13-5-7-14(8-6-13)9-10-15(19)17-16(20)18-11-3-2-4-12-18/h5-10H,2-4,11-12H2,1H3,(H,17,19,20)/b10-9+. The molecule has 0 atom stereocenters. The SMILES string of the molecule is Cc1ccc(/C=C/C(=O)NC(=S)N2CCCCC2)cc1. The van der Waals surface area contributed by atoms with Gasteiger partial charge < -0.3 is 4.90 Å². The zero-order valence-electron chi connectivity index (χ0n) is 11.8. The third kappa shape index (κ3) is 4.46. The second-order valence-corrected chi connectivity index (χ2v) is 5.47. The average molecular weight is 288 g/mol. The first-order valence-electron chi connectivity index (χ1n) is 7.00. The summed E-state index contributed by atoms with van der Waals surface area (Å²) in [6.07, 6.45) is 6.87. The Bertz CT molecular complexity index is 502. The van der Waals surface area contributed by atoms with Gasteiger partial charge in [-0.3, -0.25) is 10.1 Å². The van der Waals surface area contributed by atoms with Gasteiger partial charge in [-0.15, -0.1) is 0 Å². The molecule has 4 heteroatoms. The summed E-state index contributed by atoms with van der Waals surface area (Å²) in [7, 11) is 0. The van der Waals surface area contributed by atoms with Crippen molar-refractivity contribution in [3.8, 4) is 0 Å². The van der Waals surface area contributed by atoms with Crippen molar-refractivity contribution in [1.82, 2.24) is 10.2 Å². The van der Waals surface area contributed by atoms with Crippen LogP contribution in [-0.2, 0) is 4.79 Å². The summed E-state index contributed by atoms with van der Waals surface area (Å²) in [6, 6.07) is 8.02. The molecule has 3 nitrogen and oxygen atoms in total. The van der Waals surface area contributed by atoms with Crippen LogP contribution in [0.2, 0.25) is 0 Å². The van der Waals surface area contributed by atoms with Crippen LogP contribution < -0.4 is 5.32 Å². The monoisotopic (exact) mass is 288 g/mol. The number of benzene rings is 1. The lowest BCUT2D eigenvalue weighted by atomic mass is 10.1. The fraction of sp³-hybridized carbons (Fsp3) is 0.375. The Morgan fingerprint density at radius 3 is 2.50 bits per heavy atom. The van der Waals surface area contributed by atoms with Crippen molar-refractivity contribution < 1.29 is 4.79 Å². The number of carbonyl (C=O) groups excluding carboxylic acids is 1. The van der Waals surface area contributed by atoms with Crippen LogP contribution in [0, 0.1) is 6.92 Å². The van der Waals surface area contributed by atoms with Gasteiger partial charge in [-0.25, -0.2) is 0 Å². The molecule has 0 spiro atoms. The minimum absolute atomic E-state index is 0.166. The highest BCUT2D eigenvalue weighted by Crippen LogP contribution is 2.09. The first-order valence-corrected chi connectivity index (χ1v) is 7.40. The summed E-state index contributed by atoms with van der Waals surface area (Å²) in [5, 5.41) is 3.31. The Hall–Kier alpha value is -1.68. The maximum atomic E-state index is 11.8. The van der Waals surface area contributed by atoms with Crippen LogP contribution in [0.25, 0.3) is 6.08 Å². The maximum Gasteiger partial charge on any atom is 0.250 e. The molecule has 0 bridgehead atoms. The summed E-state index contributed by atoms with van der Waals surface area (Å²) in [6.45, 7) is 3.93. The van der Waals surface area contributed by atoms with Gasteiger partial charge in [-0.1, -0.05) is 29.8 Å². The molecule has 0 aliphatic carbocycles. The summed E-state index contributed by atoms with van der Waals surface area (Å²) >= 11 is 5.26. The first-order chi connectivity index (χ1) is 9.65. The molecule has 1 fully saturated rings. The van der Waals surface area contributed by atoms with Gasteiger partial charge in [0.05, 0.1) is 0 Å². The van der Waals surface area contributed by atoms with Gasteiger partial charge in [-0.2, -0.15) is 0 Å². The number of rotatable bonds is 2. The number of carbonyl (C=O) groups is 1. The molecule has 1 amide bonds. The van der Waals surface area contributed by atoms with Crippen molar-refractivity contribution in [2.24, 2.45) is 0 Å². The van der Waals surface area contributed by atoms with E-state index in [4.69, 9.17) is 12.2 Å². The molecular weight excluding hydrogens is 268 g/mol. The van der Waals surface area contributed by atoms with Gasteiger partial charge in [0.15, 0.2) is 5.11 Å². The molecule has 0 aromatic heterocycles. The number of hydrogen-bond donors (Lipinski definition) is 1. The van der Waals surface area contributed by atoms with E-state index in [1.807, 2.05) is 31.2 Å². The highest BCUT2D eigenvalue weighted by atomic mass is 32.1. The summed E-state index contributed by atoms with van der Waals surface area (Å²) in [5.74, 6) is -0.166. The second kappa shape index (κ2) is 7.20. The van der Waals surface area contributed by atoms with Crippen LogP contribution >= 0.6 is 12.2 Å². The molecule has 1 saturated heterocycles. The van der Waals surface area contributed by atoms with E-state index in [-0.39, 0.29) is 5.91 Å². The molecule has 1 aromatic rings. The third-order valence-electron chi connectivity index (χ3n) is 3.38. The van der Waals surface area contributed by atoms with E-state index in [0.717, 1.165) is 31.5 Å². The van der Waals surface area contributed by atoms with Gasteiger partial charge in [0, 0.05) is 19.2 Å². The van der Waals surface area contributed by atoms with Crippen molar-refractivity contribution in [1.29, 1.82) is 0 Å². The lowest BCUT2D eigenvalue weighted by Gasteiger charge is -2.28. The lowest BCUT2D eigenvalue weighted by molar-refractivity contribution is -0.115. The average Bonchev–Trinajstić information content (AvgIpc) is 2.47. The molecule has 0 saturated carbocycles. The smallest absolute Gasteiger partial charge is 0.250 e. The quantitative estimate of drug-likeness (QED) is 0.671.